The summed E-state index contributed by atoms with van der Waals surface area (Å²) in [5.41, 5.74) is 0. The molecule has 0 fully saturated rings. The van der Waals surface area contributed by atoms with Gasteiger partial charge in [0.05, 0.1) is 12.5 Å². The highest BCUT2D eigenvalue weighted by atomic mass is 35.5. The first-order chi connectivity index (χ1) is 5.77. The van der Waals surface area contributed by atoms with E-state index < -0.39 is 5.97 Å². The molecular formula is C6H7ClN2O2S. The molecule has 4 nitrogen and oxygen atoms in total. The number of alkyl halides is 1. The topological polar surface area (TPSA) is 52.1 Å². The lowest BCUT2D eigenvalue weighted by Crippen LogP contribution is -2.03. The monoisotopic (exact) mass is 206 g/mol. The van der Waals surface area contributed by atoms with E-state index in [9.17, 15) is 4.79 Å². The molecule has 0 bridgehead atoms. The Bertz CT molecular complexity index is 276. The maximum Gasteiger partial charge on any atom is 0.369 e. The van der Waals surface area contributed by atoms with Crippen LogP contribution >= 0.6 is 23.1 Å². The molecule has 0 aromatic carbocycles. The van der Waals surface area contributed by atoms with Crippen LogP contribution in [-0.4, -0.2) is 21.9 Å². The summed E-state index contributed by atoms with van der Waals surface area (Å²) in [4.78, 5) is 14.9. The molecule has 0 saturated heterocycles. The Hall–Kier alpha value is -0.680. The Labute approximate surface area is 78.7 Å². The summed E-state index contributed by atoms with van der Waals surface area (Å²) in [5, 5.41) is 0.257. The van der Waals surface area contributed by atoms with Crippen LogP contribution in [0.25, 0.3) is 0 Å². The molecule has 0 amide bonds. The highest BCUT2D eigenvalue weighted by Gasteiger charge is 2.12. The van der Waals surface area contributed by atoms with Crippen LogP contribution in [0.15, 0.2) is 0 Å². The summed E-state index contributed by atoms with van der Waals surface area (Å²) in [6, 6.07) is 0. The average molecular weight is 207 g/mol. The normalized spacial score (nSPS) is 9.83. The molecule has 0 spiro atoms. The molecule has 0 unspecified atom stereocenters. The van der Waals surface area contributed by atoms with Gasteiger partial charge in [0, 0.05) is 0 Å². The van der Waals surface area contributed by atoms with Gasteiger partial charge < -0.3 is 4.74 Å². The predicted molar refractivity (Wildman–Crippen MR) is 45.4 cm³/mol. The molecule has 12 heavy (non-hydrogen) atoms. The number of hydrogen-bond donors (Lipinski definition) is 0. The number of ether oxygens (including phenoxy) is 1. The second kappa shape index (κ2) is 4.37. The lowest BCUT2D eigenvalue weighted by molar-refractivity contribution is 0.0526. The van der Waals surface area contributed by atoms with Crippen LogP contribution in [-0.2, 0) is 10.6 Å². The molecule has 0 aliphatic carbocycles. The lowest BCUT2D eigenvalue weighted by atomic mass is 10.6. The molecule has 0 aliphatic rings. The first-order valence-electron chi connectivity index (χ1n) is 3.33. The second-order valence-corrected chi connectivity index (χ2v) is 2.89. The van der Waals surface area contributed by atoms with Crippen LogP contribution in [0.1, 0.15) is 22.6 Å². The van der Waals surface area contributed by atoms with Crippen molar-refractivity contribution >= 4 is 29.1 Å². The van der Waals surface area contributed by atoms with Gasteiger partial charge in [-0.3, -0.25) is 0 Å². The highest BCUT2D eigenvalue weighted by Crippen LogP contribution is 2.07. The van der Waals surface area contributed by atoms with Gasteiger partial charge in [-0.15, -0.1) is 11.6 Å². The van der Waals surface area contributed by atoms with Crippen LogP contribution in [0, 0.1) is 0 Å². The van der Waals surface area contributed by atoms with Gasteiger partial charge in [0.25, 0.3) is 0 Å². The second-order valence-electron chi connectivity index (χ2n) is 1.87. The van der Waals surface area contributed by atoms with E-state index in [4.69, 9.17) is 16.3 Å². The molecule has 0 atom stereocenters. The number of carbonyl (C=O) groups excluding carboxylic acids is 1. The Morgan fingerprint density at radius 3 is 3.00 bits per heavy atom. The summed E-state index contributed by atoms with van der Waals surface area (Å²) in [6.45, 7) is 2.08. The molecule has 0 saturated carbocycles. The number of aromatic nitrogens is 2. The number of halogens is 1. The lowest BCUT2D eigenvalue weighted by Gasteiger charge is -1.94. The van der Waals surface area contributed by atoms with E-state index in [-0.39, 0.29) is 10.9 Å². The molecule has 66 valence electrons. The van der Waals surface area contributed by atoms with Crippen LogP contribution in [0.3, 0.4) is 0 Å². The molecule has 0 N–H and O–H groups in total. The van der Waals surface area contributed by atoms with Crippen LogP contribution < -0.4 is 0 Å². The zero-order valence-corrected chi connectivity index (χ0v) is 7.98. The first kappa shape index (κ1) is 9.41. The predicted octanol–water partition coefficient (Wildman–Crippen LogP) is 1.45. The van der Waals surface area contributed by atoms with Crippen molar-refractivity contribution in [1.29, 1.82) is 0 Å². The van der Waals surface area contributed by atoms with Crippen molar-refractivity contribution < 1.29 is 9.53 Å². The van der Waals surface area contributed by atoms with E-state index in [0.717, 1.165) is 11.5 Å². The van der Waals surface area contributed by atoms with E-state index in [1.54, 1.807) is 6.92 Å². The van der Waals surface area contributed by atoms with Crippen molar-refractivity contribution in [3.05, 3.63) is 10.8 Å². The van der Waals surface area contributed by atoms with Crippen molar-refractivity contribution in [2.75, 3.05) is 6.61 Å². The minimum absolute atomic E-state index is 0.218. The third kappa shape index (κ3) is 2.15. The Balaban J connectivity index is 2.68. The largest absolute Gasteiger partial charge is 0.461 e. The van der Waals surface area contributed by atoms with Crippen LogP contribution in [0.2, 0.25) is 0 Å². The quantitative estimate of drug-likeness (QED) is 0.555. The van der Waals surface area contributed by atoms with Crippen molar-refractivity contribution in [3.8, 4) is 0 Å². The number of hydrogen-bond acceptors (Lipinski definition) is 5. The Morgan fingerprint density at radius 1 is 1.75 bits per heavy atom. The number of nitrogens with zero attached hydrogens (tertiary/aromatic N) is 2. The highest BCUT2D eigenvalue weighted by molar-refractivity contribution is 7.07. The standard InChI is InChI=1S/C6H7ClN2O2S/c1-2-11-6(10)5-8-4(3-7)9-12-5/h2-3H2,1H3. The van der Waals surface area contributed by atoms with E-state index in [1.165, 1.54) is 0 Å². The van der Waals surface area contributed by atoms with Gasteiger partial charge in [0.1, 0.15) is 0 Å². The smallest absolute Gasteiger partial charge is 0.369 e. The van der Waals surface area contributed by atoms with Gasteiger partial charge in [-0.1, -0.05) is 0 Å². The van der Waals surface area contributed by atoms with Gasteiger partial charge in [-0.05, 0) is 18.5 Å². The number of rotatable bonds is 3. The molecule has 0 radical (unpaired) electrons. The van der Waals surface area contributed by atoms with Gasteiger partial charge in [-0.25, -0.2) is 9.78 Å². The maximum atomic E-state index is 11.0. The first-order valence-corrected chi connectivity index (χ1v) is 4.64. The zero-order chi connectivity index (χ0) is 8.97. The van der Waals surface area contributed by atoms with E-state index in [1.807, 2.05) is 0 Å². The van der Waals surface area contributed by atoms with Gasteiger partial charge >= 0.3 is 5.97 Å². The minimum Gasteiger partial charge on any atom is -0.461 e. The molecule has 1 aromatic heterocycles. The number of carbonyl (C=O) groups is 1. The Morgan fingerprint density at radius 2 is 2.50 bits per heavy atom. The average Bonchev–Trinajstić information content (AvgIpc) is 2.52. The van der Waals surface area contributed by atoms with Gasteiger partial charge in [-0.2, -0.15) is 4.37 Å². The minimum atomic E-state index is -0.439. The van der Waals surface area contributed by atoms with E-state index in [2.05, 4.69) is 9.36 Å². The van der Waals surface area contributed by atoms with E-state index in [0.29, 0.717) is 12.4 Å². The molecule has 6 heteroatoms. The summed E-state index contributed by atoms with van der Waals surface area (Å²) in [5.74, 6) is 0.242. The van der Waals surface area contributed by atoms with Crippen molar-refractivity contribution in [1.82, 2.24) is 9.36 Å². The van der Waals surface area contributed by atoms with Crippen molar-refractivity contribution in [2.24, 2.45) is 0 Å². The zero-order valence-electron chi connectivity index (χ0n) is 6.41. The fourth-order valence-electron chi connectivity index (χ4n) is 0.584. The molecule has 1 rings (SSSR count). The summed E-state index contributed by atoms with van der Waals surface area (Å²) in [7, 11) is 0. The van der Waals surface area contributed by atoms with Gasteiger partial charge in [0.15, 0.2) is 5.82 Å². The molecule has 1 aromatic rings. The van der Waals surface area contributed by atoms with E-state index >= 15 is 0 Å². The summed E-state index contributed by atoms with van der Waals surface area (Å²) < 4.78 is 8.55. The third-order valence-electron chi connectivity index (χ3n) is 1.04. The van der Waals surface area contributed by atoms with Crippen molar-refractivity contribution in [3.63, 3.8) is 0 Å². The van der Waals surface area contributed by atoms with Crippen molar-refractivity contribution in [2.45, 2.75) is 12.8 Å². The fourth-order valence-corrected chi connectivity index (χ4v) is 1.35. The SMILES string of the molecule is CCOC(=O)c1nc(CCl)ns1. The van der Waals surface area contributed by atoms with Crippen LogP contribution in [0.5, 0.6) is 0 Å². The molecule has 1 heterocycles. The van der Waals surface area contributed by atoms with Gasteiger partial charge in [0.2, 0.25) is 5.01 Å². The Kier molecular flexibility index (Phi) is 3.43. The fraction of sp³-hybridized carbons (Fsp3) is 0.500. The molecular weight excluding hydrogens is 200 g/mol. The molecule has 0 aliphatic heterocycles. The summed E-state index contributed by atoms with van der Waals surface area (Å²) >= 11 is 6.45. The number of esters is 1. The van der Waals surface area contributed by atoms with Crippen LogP contribution in [0.4, 0.5) is 0 Å². The third-order valence-corrected chi connectivity index (χ3v) is 2.01. The summed E-state index contributed by atoms with van der Waals surface area (Å²) in [6.07, 6.45) is 0. The maximum absolute atomic E-state index is 11.0.